The van der Waals surface area contributed by atoms with Crippen LogP contribution in [0.15, 0.2) is 77.8 Å². The van der Waals surface area contributed by atoms with Gasteiger partial charge < -0.3 is 0 Å². The Hall–Kier alpha value is -2.74. The number of nitrogens with zero attached hydrogens (tertiary/aromatic N) is 1. The standard InChI is InChI=1S/C18H13NO/c20-18(19-13-14-6-2-1-3-7-14)17-11-10-15-8-4-5-9-16(15)12-17/h1-13H. The van der Waals surface area contributed by atoms with E-state index in [1.165, 1.54) is 0 Å². The molecule has 2 heteroatoms. The van der Waals surface area contributed by atoms with Crippen molar-refractivity contribution in [3.63, 3.8) is 0 Å². The molecule has 0 N–H and O–H groups in total. The van der Waals surface area contributed by atoms with Crippen molar-refractivity contribution < 1.29 is 4.79 Å². The highest BCUT2D eigenvalue weighted by Crippen LogP contribution is 2.16. The average molecular weight is 259 g/mol. The first-order valence-electron chi connectivity index (χ1n) is 6.45. The molecular formula is C18H13NO. The Morgan fingerprint density at radius 2 is 1.50 bits per heavy atom. The summed E-state index contributed by atoms with van der Waals surface area (Å²) in [5, 5.41) is 2.17. The second-order valence-electron chi connectivity index (χ2n) is 4.54. The van der Waals surface area contributed by atoms with Crippen molar-refractivity contribution in [1.82, 2.24) is 0 Å². The first-order valence-corrected chi connectivity index (χ1v) is 6.45. The highest BCUT2D eigenvalue weighted by atomic mass is 16.1. The van der Waals surface area contributed by atoms with E-state index >= 15 is 0 Å². The summed E-state index contributed by atoms with van der Waals surface area (Å²) in [6, 6.07) is 23.2. The maximum atomic E-state index is 12.1. The van der Waals surface area contributed by atoms with Crippen molar-refractivity contribution in [2.24, 2.45) is 4.99 Å². The average Bonchev–Trinajstić information content (AvgIpc) is 2.53. The first-order chi connectivity index (χ1) is 9.83. The van der Waals surface area contributed by atoms with Crippen LogP contribution in [0.4, 0.5) is 0 Å². The molecule has 96 valence electrons. The molecule has 0 saturated carbocycles. The molecule has 0 aliphatic heterocycles. The van der Waals surface area contributed by atoms with Gasteiger partial charge in [0.2, 0.25) is 0 Å². The summed E-state index contributed by atoms with van der Waals surface area (Å²) in [6.07, 6.45) is 1.59. The van der Waals surface area contributed by atoms with Crippen LogP contribution in [0.5, 0.6) is 0 Å². The van der Waals surface area contributed by atoms with Crippen molar-refractivity contribution in [3.8, 4) is 0 Å². The molecule has 1 amide bonds. The lowest BCUT2D eigenvalue weighted by molar-refractivity contribution is 0.100. The molecule has 0 saturated heterocycles. The molecule has 0 radical (unpaired) electrons. The molecule has 0 aromatic heterocycles. The van der Waals surface area contributed by atoms with E-state index in [1.807, 2.05) is 72.8 Å². The van der Waals surface area contributed by atoms with Crippen molar-refractivity contribution in [3.05, 3.63) is 83.9 Å². The molecule has 3 rings (SSSR count). The first kappa shape index (κ1) is 12.3. The molecule has 2 nitrogen and oxygen atoms in total. The van der Waals surface area contributed by atoms with Gasteiger partial charge in [0.1, 0.15) is 0 Å². The Morgan fingerprint density at radius 1 is 0.800 bits per heavy atom. The minimum atomic E-state index is -0.223. The second-order valence-corrected chi connectivity index (χ2v) is 4.54. The molecule has 0 atom stereocenters. The number of benzene rings is 3. The minimum absolute atomic E-state index is 0.223. The van der Waals surface area contributed by atoms with E-state index in [0.717, 1.165) is 16.3 Å². The quantitative estimate of drug-likeness (QED) is 0.637. The lowest BCUT2D eigenvalue weighted by atomic mass is 10.1. The summed E-state index contributed by atoms with van der Waals surface area (Å²) in [7, 11) is 0. The SMILES string of the molecule is O=C(N=Cc1ccccc1)c1ccc2ccccc2c1. The van der Waals surface area contributed by atoms with Gasteiger partial charge in [-0.15, -0.1) is 0 Å². The zero-order valence-electron chi connectivity index (χ0n) is 10.9. The number of fused-ring (bicyclic) bond motifs is 1. The number of carbonyl (C=O) groups excluding carboxylic acids is 1. The van der Waals surface area contributed by atoms with Crippen LogP contribution in [-0.4, -0.2) is 12.1 Å². The Morgan fingerprint density at radius 3 is 2.30 bits per heavy atom. The Bertz CT molecular complexity index is 776. The predicted molar refractivity (Wildman–Crippen MR) is 82.3 cm³/mol. The molecule has 20 heavy (non-hydrogen) atoms. The normalized spacial score (nSPS) is 11.0. The molecule has 0 fully saturated rings. The van der Waals surface area contributed by atoms with Crippen LogP contribution in [0, 0.1) is 0 Å². The number of aliphatic imine (C=N–C) groups is 1. The van der Waals surface area contributed by atoms with Crippen LogP contribution in [0.2, 0.25) is 0 Å². The molecule has 3 aromatic rings. The van der Waals surface area contributed by atoms with E-state index in [2.05, 4.69) is 4.99 Å². The summed E-state index contributed by atoms with van der Waals surface area (Å²) in [5.41, 5.74) is 1.53. The lowest BCUT2D eigenvalue weighted by Crippen LogP contribution is -1.95. The van der Waals surface area contributed by atoms with E-state index < -0.39 is 0 Å². The summed E-state index contributed by atoms with van der Waals surface area (Å²) in [6.45, 7) is 0. The Kier molecular flexibility index (Phi) is 3.38. The third kappa shape index (κ3) is 2.64. The van der Waals surface area contributed by atoms with Gasteiger partial charge in [0.25, 0.3) is 5.91 Å². The zero-order valence-corrected chi connectivity index (χ0v) is 10.9. The van der Waals surface area contributed by atoms with Gasteiger partial charge in [-0.3, -0.25) is 4.79 Å². The van der Waals surface area contributed by atoms with E-state index in [0.29, 0.717) is 5.56 Å². The Labute approximate surface area is 117 Å². The largest absolute Gasteiger partial charge is 0.276 e. The number of amides is 1. The van der Waals surface area contributed by atoms with Crippen LogP contribution in [-0.2, 0) is 0 Å². The Balaban J connectivity index is 1.87. The van der Waals surface area contributed by atoms with Crippen molar-refractivity contribution in [2.75, 3.05) is 0 Å². The van der Waals surface area contributed by atoms with E-state index in [-0.39, 0.29) is 5.91 Å². The fourth-order valence-electron chi connectivity index (χ4n) is 2.07. The van der Waals surface area contributed by atoms with Gasteiger partial charge in [-0.25, -0.2) is 4.99 Å². The van der Waals surface area contributed by atoms with Crippen molar-refractivity contribution >= 4 is 22.9 Å². The van der Waals surface area contributed by atoms with Crippen LogP contribution in [0.3, 0.4) is 0 Å². The fourth-order valence-corrected chi connectivity index (χ4v) is 2.07. The molecular weight excluding hydrogens is 246 g/mol. The fraction of sp³-hybridized carbons (Fsp3) is 0. The smallest absolute Gasteiger partial charge is 0.267 e. The van der Waals surface area contributed by atoms with Gasteiger partial charge in [-0.1, -0.05) is 60.7 Å². The van der Waals surface area contributed by atoms with Crippen molar-refractivity contribution in [2.45, 2.75) is 0 Å². The highest BCUT2D eigenvalue weighted by molar-refractivity contribution is 6.03. The molecule has 0 spiro atoms. The molecule has 3 aromatic carbocycles. The maximum absolute atomic E-state index is 12.1. The topological polar surface area (TPSA) is 29.4 Å². The van der Waals surface area contributed by atoms with E-state index in [9.17, 15) is 4.79 Å². The number of carbonyl (C=O) groups is 1. The minimum Gasteiger partial charge on any atom is -0.267 e. The molecule has 0 bridgehead atoms. The lowest BCUT2D eigenvalue weighted by Gasteiger charge is -2.00. The van der Waals surface area contributed by atoms with Gasteiger partial charge in [0, 0.05) is 11.8 Å². The summed E-state index contributed by atoms with van der Waals surface area (Å²) in [5.74, 6) is -0.223. The van der Waals surface area contributed by atoms with E-state index in [1.54, 1.807) is 6.21 Å². The van der Waals surface area contributed by atoms with Gasteiger partial charge in [0.15, 0.2) is 0 Å². The van der Waals surface area contributed by atoms with Crippen LogP contribution in [0.1, 0.15) is 15.9 Å². The zero-order chi connectivity index (χ0) is 13.8. The number of rotatable bonds is 2. The number of hydrogen-bond acceptors (Lipinski definition) is 1. The van der Waals surface area contributed by atoms with Gasteiger partial charge in [-0.2, -0.15) is 0 Å². The van der Waals surface area contributed by atoms with Gasteiger partial charge >= 0.3 is 0 Å². The summed E-state index contributed by atoms with van der Waals surface area (Å²) < 4.78 is 0. The van der Waals surface area contributed by atoms with Crippen LogP contribution in [0.25, 0.3) is 10.8 Å². The molecule has 0 aliphatic carbocycles. The second kappa shape index (κ2) is 5.49. The highest BCUT2D eigenvalue weighted by Gasteiger charge is 2.03. The number of hydrogen-bond donors (Lipinski definition) is 0. The van der Waals surface area contributed by atoms with Gasteiger partial charge in [0.05, 0.1) is 0 Å². The van der Waals surface area contributed by atoms with Crippen LogP contribution < -0.4 is 0 Å². The van der Waals surface area contributed by atoms with E-state index in [4.69, 9.17) is 0 Å². The van der Waals surface area contributed by atoms with Gasteiger partial charge in [-0.05, 0) is 28.5 Å². The monoisotopic (exact) mass is 259 g/mol. The molecule has 0 heterocycles. The summed E-state index contributed by atoms with van der Waals surface area (Å²) >= 11 is 0. The predicted octanol–water partition coefficient (Wildman–Crippen LogP) is 4.10. The molecule has 0 unspecified atom stereocenters. The third-order valence-electron chi connectivity index (χ3n) is 3.13. The summed E-state index contributed by atoms with van der Waals surface area (Å²) in [4.78, 5) is 16.1. The van der Waals surface area contributed by atoms with Crippen LogP contribution >= 0.6 is 0 Å². The molecule has 0 aliphatic rings. The maximum Gasteiger partial charge on any atom is 0.276 e. The third-order valence-corrected chi connectivity index (χ3v) is 3.13. The van der Waals surface area contributed by atoms with Crippen molar-refractivity contribution in [1.29, 1.82) is 0 Å².